The number of nitrogens with one attached hydrogen (secondary N) is 1. The molecule has 1 aliphatic carbocycles. The molecule has 8 heteroatoms. The van der Waals surface area contributed by atoms with Crippen molar-refractivity contribution in [2.45, 2.75) is 44.1 Å². The first kappa shape index (κ1) is 17.2. The molecular weight excluding hydrogens is 302 g/mol. The third-order valence-corrected chi connectivity index (χ3v) is 4.66. The molecular formula is C15H23N3O5. The van der Waals surface area contributed by atoms with Crippen molar-refractivity contribution in [2.75, 3.05) is 27.2 Å². The molecule has 1 saturated heterocycles. The molecule has 0 atom stereocenters. The first-order chi connectivity index (χ1) is 10.9. The summed E-state index contributed by atoms with van der Waals surface area (Å²) in [6.07, 6.45) is 4.22. The normalized spacial score (nSPS) is 20.1. The molecule has 1 N–H and O–H groups in total. The van der Waals surface area contributed by atoms with Crippen LogP contribution in [0.4, 0.5) is 4.79 Å². The lowest BCUT2D eigenvalue weighted by atomic mass is 9.81. The number of methoxy groups -OCH3 is 1. The van der Waals surface area contributed by atoms with Gasteiger partial charge in [-0.25, -0.2) is 4.79 Å². The van der Waals surface area contributed by atoms with Gasteiger partial charge in [-0.2, -0.15) is 0 Å². The number of esters is 1. The summed E-state index contributed by atoms with van der Waals surface area (Å²) in [5.74, 6) is -1.18. The molecule has 1 heterocycles. The Bertz CT molecular complexity index is 513. The topological polar surface area (TPSA) is 96.0 Å². The van der Waals surface area contributed by atoms with Crippen molar-refractivity contribution in [2.24, 2.45) is 0 Å². The van der Waals surface area contributed by atoms with Crippen LogP contribution in [0.25, 0.3) is 0 Å². The fourth-order valence-corrected chi connectivity index (χ4v) is 3.28. The highest BCUT2D eigenvalue weighted by molar-refractivity contribution is 6.08. The number of carbonyl (C=O) groups is 4. The average Bonchev–Trinajstić information content (AvgIpc) is 2.72. The first-order valence-electron chi connectivity index (χ1n) is 7.85. The molecule has 1 saturated carbocycles. The Labute approximate surface area is 135 Å². The smallest absolute Gasteiger partial charge is 0.327 e. The maximum absolute atomic E-state index is 12.7. The third-order valence-electron chi connectivity index (χ3n) is 4.66. The summed E-state index contributed by atoms with van der Waals surface area (Å²) >= 11 is 0. The maximum atomic E-state index is 12.7. The van der Waals surface area contributed by atoms with Gasteiger partial charge in [0, 0.05) is 13.6 Å². The van der Waals surface area contributed by atoms with Crippen LogP contribution >= 0.6 is 0 Å². The van der Waals surface area contributed by atoms with Gasteiger partial charge in [0.05, 0.1) is 13.5 Å². The van der Waals surface area contributed by atoms with Crippen LogP contribution in [-0.2, 0) is 19.1 Å². The Morgan fingerprint density at radius 1 is 1.22 bits per heavy atom. The average molecular weight is 325 g/mol. The number of hydrogen-bond donors (Lipinski definition) is 1. The van der Waals surface area contributed by atoms with Crippen molar-refractivity contribution < 1.29 is 23.9 Å². The minimum atomic E-state index is -0.776. The quantitative estimate of drug-likeness (QED) is 0.578. The zero-order valence-corrected chi connectivity index (χ0v) is 13.6. The number of ether oxygens (including phenoxy) is 1. The van der Waals surface area contributed by atoms with E-state index < -0.39 is 23.4 Å². The van der Waals surface area contributed by atoms with E-state index >= 15 is 0 Å². The van der Waals surface area contributed by atoms with E-state index in [1.165, 1.54) is 12.0 Å². The molecule has 0 aromatic rings. The highest BCUT2D eigenvalue weighted by Crippen LogP contribution is 2.39. The van der Waals surface area contributed by atoms with E-state index in [9.17, 15) is 19.2 Å². The molecule has 0 bridgehead atoms. The molecule has 0 unspecified atom stereocenters. The van der Waals surface area contributed by atoms with Crippen molar-refractivity contribution in [1.29, 1.82) is 0 Å². The Morgan fingerprint density at radius 3 is 2.48 bits per heavy atom. The zero-order valence-electron chi connectivity index (χ0n) is 13.6. The largest absolute Gasteiger partial charge is 0.469 e. The number of likely N-dealkylation sites (N-methyl/N-ethyl adjacent to an activating group) is 1. The Kier molecular flexibility index (Phi) is 5.23. The molecule has 4 amide bonds. The van der Waals surface area contributed by atoms with Crippen LogP contribution in [0.1, 0.15) is 38.5 Å². The van der Waals surface area contributed by atoms with Crippen LogP contribution in [0.5, 0.6) is 0 Å². The lowest BCUT2D eigenvalue weighted by Crippen LogP contribution is -2.49. The standard InChI is InChI=1S/C15H23N3O5/c1-17-14(22)18(10-11(19)16-9-6-12(20)23-2)13(21)15(17)7-4-3-5-8-15/h3-10H2,1-2H3,(H,16,19). The van der Waals surface area contributed by atoms with Crippen molar-refractivity contribution in [3.05, 3.63) is 0 Å². The zero-order chi connectivity index (χ0) is 17.0. The second-order valence-corrected chi connectivity index (χ2v) is 6.00. The van der Waals surface area contributed by atoms with Crippen LogP contribution < -0.4 is 5.32 Å². The van der Waals surface area contributed by atoms with Crippen molar-refractivity contribution in [1.82, 2.24) is 15.1 Å². The van der Waals surface area contributed by atoms with E-state index in [0.717, 1.165) is 24.2 Å². The van der Waals surface area contributed by atoms with Gasteiger partial charge in [-0.15, -0.1) is 0 Å². The summed E-state index contributed by atoms with van der Waals surface area (Å²) < 4.78 is 4.47. The number of carbonyl (C=O) groups excluding carboxylic acids is 4. The second-order valence-electron chi connectivity index (χ2n) is 6.00. The Hall–Kier alpha value is -2.12. The predicted molar refractivity (Wildman–Crippen MR) is 80.3 cm³/mol. The second kappa shape index (κ2) is 6.97. The van der Waals surface area contributed by atoms with Crippen molar-refractivity contribution in [3.8, 4) is 0 Å². The van der Waals surface area contributed by atoms with Gasteiger partial charge in [0.25, 0.3) is 5.91 Å². The molecule has 0 radical (unpaired) electrons. The predicted octanol–water partition coefficient (Wildman–Crippen LogP) is 0.263. The molecule has 0 aromatic carbocycles. The van der Waals surface area contributed by atoms with Gasteiger partial charge in [-0.1, -0.05) is 19.3 Å². The van der Waals surface area contributed by atoms with E-state index in [2.05, 4.69) is 10.1 Å². The molecule has 0 aromatic heterocycles. The number of amides is 4. The van der Waals surface area contributed by atoms with Crippen LogP contribution in [0, 0.1) is 0 Å². The third kappa shape index (κ3) is 3.30. The van der Waals surface area contributed by atoms with E-state index in [1.54, 1.807) is 7.05 Å². The number of imide groups is 1. The molecule has 23 heavy (non-hydrogen) atoms. The lowest BCUT2D eigenvalue weighted by molar-refractivity contribution is -0.141. The minimum absolute atomic E-state index is 0.0496. The summed E-state index contributed by atoms with van der Waals surface area (Å²) in [5, 5.41) is 2.52. The van der Waals surface area contributed by atoms with Gasteiger partial charge < -0.3 is 15.0 Å². The van der Waals surface area contributed by atoms with Crippen LogP contribution in [0.15, 0.2) is 0 Å². The van der Waals surface area contributed by atoms with Gasteiger partial charge in [-0.05, 0) is 12.8 Å². The number of hydrogen-bond acceptors (Lipinski definition) is 5. The van der Waals surface area contributed by atoms with Crippen molar-refractivity contribution in [3.63, 3.8) is 0 Å². The fourth-order valence-electron chi connectivity index (χ4n) is 3.28. The summed E-state index contributed by atoms with van der Waals surface area (Å²) in [6.45, 7) is -0.201. The Morgan fingerprint density at radius 2 is 1.87 bits per heavy atom. The van der Waals surface area contributed by atoms with E-state index in [1.807, 2.05) is 0 Å². The minimum Gasteiger partial charge on any atom is -0.469 e. The highest BCUT2D eigenvalue weighted by atomic mass is 16.5. The first-order valence-corrected chi connectivity index (χ1v) is 7.85. The maximum Gasteiger partial charge on any atom is 0.327 e. The van der Waals surface area contributed by atoms with Gasteiger partial charge in [0.2, 0.25) is 5.91 Å². The Balaban J connectivity index is 1.94. The summed E-state index contributed by atoms with van der Waals surface area (Å²) in [6, 6.07) is -0.431. The van der Waals surface area contributed by atoms with Crippen LogP contribution in [-0.4, -0.2) is 66.4 Å². The van der Waals surface area contributed by atoms with Gasteiger partial charge in [-0.3, -0.25) is 19.3 Å². The summed E-state index contributed by atoms with van der Waals surface area (Å²) in [4.78, 5) is 50.4. The number of urea groups is 1. The summed E-state index contributed by atoms with van der Waals surface area (Å²) in [7, 11) is 2.89. The molecule has 128 valence electrons. The fraction of sp³-hybridized carbons (Fsp3) is 0.733. The van der Waals surface area contributed by atoms with E-state index in [-0.39, 0.29) is 25.4 Å². The van der Waals surface area contributed by atoms with E-state index in [4.69, 9.17) is 0 Å². The number of nitrogens with zero attached hydrogens (tertiary/aromatic N) is 2. The lowest BCUT2D eigenvalue weighted by Gasteiger charge is -2.35. The molecule has 2 fully saturated rings. The van der Waals surface area contributed by atoms with Crippen LogP contribution in [0.2, 0.25) is 0 Å². The molecule has 1 spiro atoms. The molecule has 1 aliphatic heterocycles. The van der Waals surface area contributed by atoms with Gasteiger partial charge >= 0.3 is 12.0 Å². The molecule has 2 aliphatic rings. The molecule has 8 nitrogen and oxygen atoms in total. The monoisotopic (exact) mass is 325 g/mol. The van der Waals surface area contributed by atoms with E-state index in [0.29, 0.717) is 12.8 Å². The van der Waals surface area contributed by atoms with Crippen LogP contribution in [0.3, 0.4) is 0 Å². The highest BCUT2D eigenvalue weighted by Gasteiger charge is 2.55. The number of rotatable bonds is 5. The van der Waals surface area contributed by atoms with Gasteiger partial charge in [0.1, 0.15) is 12.1 Å². The molecule has 2 rings (SSSR count). The summed E-state index contributed by atoms with van der Waals surface area (Å²) in [5.41, 5.74) is -0.776. The SMILES string of the molecule is COC(=O)CCNC(=O)CN1C(=O)N(C)C2(CCCCC2)C1=O. The van der Waals surface area contributed by atoms with Gasteiger partial charge in [0.15, 0.2) is 0 Å². The van der Waals surface area contributed by atoms with Crippen molar-refractivity contribution >= 4 is 23.8 Å².